The first-order valence-corrected chi connectivity index (χ1v) is 50.6. The number of nitrogens with one attached hydrogen (secondary N) is 5. The third-order valence-corrected chi connectivity index (χ3v) is 21.1. The minimum absolute atomic E-state index is 0. The zero-order chi connectivity index (χ0) is 95.5. The number of alkyl halides is 1. The van der Waals surface area contributed by atoms with Crippen LogP contribution in [0.5, 0.6) is 0 Å². The van der Waals surface area contributed by atoms with E-state index in [1.54, 1.807) is 101 Å². The number of likely N-dealkylation sites (N-methyl/N-ethyl adjacent to an activating group) is 4. The molecule has 5 heterocycles. The van der Waals surface area contributed by atoms with E-state index in [2.05, 4.69) is 63.4 Å². The van der Waals surface area contributed by atoms with E-state index in [0.29, 0.717) is 74.1 Å². The molecule has 2 radical (unpaired) electrons. The number of nitrogens with two attached hydrogens (primary N) is 4. The van der Waals surface area contributed by atoms with Gasteiger partial charge in [-0.2, -0.15) is 4.99 Å². The number of nitrogen functional groups attached to an aromatic ring is 4. The Labute approximate surface area is 899 Å². The zero-order valence-electron chi connectivity index (χ0n) is 75.6. The molecular weight excluding hydrogens is 2120 g/mol. The van der Waals surface area contributed by atoms with Crippen LogP contribution in [0, 0.1) is 31.1 Å². The predicted octanol–water partition coefficient (Wildman–Crippen LogP) is 5.28. The van der Waals surface area contributed by atoms with Crippen molar-refractivity contribution in [3.05, 3.63) is 151 Å². The van der Waals surface area contributed by atoms with Crippen LogP contribution in [0.25, 0.3) is 11.0 Å². The number of fused-ring (bicyclic) bond motifs is 1. The number of rotatable bonds is 17. The van der Waals surface area contributed by atoms with Crippen LogP contribution in [-0.2, 0) is 51.5 Å². The Morgan fingerprint density at radius 2 is 0.976 bits per heavy atom. The van der Waals surface area contributed by atoms with Crippen molar-refractivity contribution in [1.82, 2.24) is 45.5 Å². The molecule has 0 saturated carbocycles. The van der Waals surface area contributed by atoms with Gasteiger partial charge in [0.15, 0.2) is 0 Å². The van der Waals surface area contributed by atoms with Crippen molar-refractivity contribution in [2.24, 2.45) is 15.8 Å². The van der Waals surface area contributed by atoms with Crippen molar-refractivity contribution in [3.63, 3.8) is 0 Å². The van der Waals surface area contributed by atoms with E-state index >= 15 is 0 Å². The van der Waals surface area contributed by atoms with Crippen molar-refractivity contribution < 1.29 is 180 Å². The van der Waals surface area contributed by atoms with Gasteiger partial charge in [0, 0.05) is 112 Å². The molecule has 4 aliphatic rings. The van der Waals surface area contributed by atoms with Gasteiger partial charge in [-0.3, -0.25) is 53.8 Å². The maximum absolute atomic E-state index is 12.7. The maximum atomic E-state index is 12.7. The summed E-state index contributed by atoms with van der Waals surface area (Å²) in [5, 5.41) is 46.8. The second-order valence-electron chi connectivity index (χ2n) is 30.7. The Bertz CT molecular complexity index is 4960. The molecule has 4 aliphatic heterocycles. The summed E-state index contributed by atoms with van der Waals surface area (Å²) in [5.41, 5.74) is 29.0. The zero-order valence-corrected chi connectivity index (χ0v) is 92.5. The number of isothiocyanates is 1. The van der Waals surface area contributed by atoms with E-state index in [0.717, 1.165) is 111 Å². The quantitative estimate of drug-likeness (QED) is 0.00534. The third-order valence-electron chi connectivity index (χ3n) is 18.7. The van der Waals surface area contributed by atoms with Gasteiger partial charge >= 0.3 is 167 Å². The van der Waals surface area contributed by atoms with Crippen molar-refractivity contribution in [2.75, 3.05) is 130 Å². The van der Waals surface area contributed by atoms with E-state index < -0.39 is 39.6 Å². The Morgan fingerprint density at radius 3 is 1.38 bits per heavy atom. The van der Waals surface area contributed by atoms with Gasteiger partial charge in [0.1, 0.15) is 29.5 Å². The van der Waals surface area contributed by atoms with Crippen molar-refractivity contribution in [1.29, 1.82) is 0.594 Å². The second kappa shape index (κ2) is 59.2. The molecule has 4 unspecified atom stereocenters. The number of halogens is 10. The first kappa shape index (κ1) is 118. The average Bonchev–Trinajstić information content (AvgIpc) is 1.63. The van der Waals surface area contributed by atoms with Crippen LogP contribution in [0.15, 0.2) is 89.9 Å². The number of imidazole rings is 1. The van der Waals surface area contributed by atoms with E-state index in [-0.39, 0.29) is 230 Å². The van der Waals surface area contributed by atoms with Gasteiger partial charge in [0.05, 0.1) is 107 Å². The number of amides is 6. The molecular formula is C80H107Cl9IK2N20O13SSn-. The van der Waals surface area contributed by atoms with Crippen molar-refractivity contribution in [3.8, 4) is 0 Å². The maximum Gasteiger partial charge on any atom is 1.00 e. The Hall–Kier alpha value is -4.59. The van der Waals surface area contributed by atoms with Crippen LogP contribution >= 0.6 is 111 Å². The number of aromatic amines is 1. The fourth-order valence-corrected chi connectivity index (χ4v) is 14.0. The van der Waals surface area contributed by atoms with Gasteiger partial charge in [0.25, 0.3) is 17.8 Å². The number of nitro groups is 2. The van der Waals surface area contributed by atoms with Crippen molar-refractivity contribution >= 4 is 257 Å². The van der Waals surface area contributed by atoms with Gasteiger partial charge in [0.2, 0.25) is 41.4 Å². The number of anilines is 9. The van der Waals surface area contributed by atoms with Crippen LogP contribution in [0.3, 0.4) is 0 Å². The largest absolute Gasteiger partial charge is 1.00 e. The first-order chi connectivity index (χ1) is 59.0. The monoisotopic (exact) mass is 2230 g/mol. The molecule has 6 aromatic carbocycles. The Morgan fingerprint density at radius 1 is 0.606 bits per heavy atom. The molecule has 4 fully saturated rings. The summed E-state index contributed by atoms with van der Waals surface area (Å²) in [6, 6.07) is 22.5. The number of aliphatic imine (C=N–C) groups is 1. The number of carbonyl (C=O) groups excluding carboxylic acids is 7. The van der Waals surface area contributed by atoms with Crippen LogP contribution in [-0.4, -0.2) is 218 Å². The summed E-state index contributed by atoms with van der Waals surface area (Å²) in [5.74, 6) is 0.836. The number of H-pyrrole nitrogens is 1. The van der Waals surface area contributed by atoms with Crippen LogP contribution in [0.1, 0.15) is 105 Å². The molecule has 0 bridgehead atoms. The summed E-state index contributed by atoms with van der Waals surface area (Å²) < 4.78 is 6.32. The van der Waals surface area contributed by atoms with Gasteiger partial charge in [-0.1, -0.05) is 135 Å². The number of carbonyl (C=O) groups is 7. The third kappa shape index (κ3) is 38.4. The fraction of sp³-hybridized carbons (Fsp3) is 0.438. The van der Waals surface area contributed by atoms with Gasteiger partial charge < -0.3 is 95.1 Å². The number of nitro benzene ring substituents is 2. The molecule has 4 saturated heterocycles. The van der Waals surface area contributed by atoms with Crippen molar-refractivity contribution in [2.45, 2.75) is 130 Å². The second-order valence-corrected chi connectivity index (χ2v) is 38.0. The van der Waals surface area contributed by atoms with Crippen LogP contribution in [0.4, 0.5) is 68.5 Å². The molecule has 127 heavy (non-hydrogen) atoms. The first-order valence-electron chi connectivity index (χ1n) is 38.6. The SMILES string of the molecule is CC(C)(C)C(=O)NCc1ccc(Cl)c(N=C=S)c1.CN(C)C(=O)C1CCCN1.CN(C)C(=O)C1CCCN1c1cc(N)c(N)cc1Cl.CN(C)C(=O)C1CCCN1c1cc(N)c([N+](=O)[O-])cc1Cl.CN(C)C(=O)C1CCCN1c1cc2nc(Nc3cc(CNC(=O)C(C)(C)C)ccc3Cl)[nH]c2cc1Cl.Nc1cc(Cl)c(Cl)cc1[N+](=O)[O-].O=CO[O-].[2H][I-]C.[Cl][Sn][Cl].[H-].[K+].[K+]. The number of aromatic nitrogens is 2. The number of nitrogens with zero attached hydrogens (tertiary/aromatic N) is 11. The number of hydrogen-bond acceptors (Lipinski definition) is 25. The average molecular weight is 2230 g/mol. The summed E-state index contributed by atoms with van der Waals surface area (Å²) >= 11 is 46.1. The smallest absolute Gasteiger partial charge is 1.00 e. The molecule has 6 amide bonds. The molecule has 0 spiro atoms. The number of benzene rings is 6. The van der Waals surface area contributed by atoms with Gasteiger partial charge in [-0.05, 0) is 142 Å². The summed E-state index contributed by atoms with van der Waals surface area (Å²) in [7, 11) is 23.9. The summed E-state index contributed by atoms with van der Waals surface area (Å²) in [6.45, 7) is 15.1. The standard InChI is InChI=1S/C26H32Cl2N6O2.C13H17ClN4O3.C13H19ClN4O.C13H15ClN2OS.C7H14N2O.C6H4Cl2N2O2.CH4I.CH2O3.2ClH.2K.Sn.H/c1-26(2,3)24(36)29-14-15-8-9-16(27)18(11-15)30-25-31-19-12-17(28)22(13-20(19)32-25)34-10-6-7-21(34)23(35)33(4)5;1-16(2)13(19)10-4-3-5-17(10)11-7-9(15)12(18(20)21)6-8(11)14;1-17(2)13(19)11-4-3-5-18(11)12-7-10(16)9(15)6-8(12)14;1-13(2,3)12(17)15-7-9-4-5-10(14)11(6-9)16-8-18;1-9(2)7(10)6-4-3-5-8-6;7-3-1-5(9)6(10(11)12)2-4(3)8;1-2;2-1-4-3;;;;;;/h8-9,11-13,21H,6-7,10,14H2,1-5H3,(H,29,36)(H2,30,31,32);6-7,10H,3-5,15H2,1-2H3;6-7,11H,3-5,15-16H2,1-2H3;4-6H,7H2,1-3H3,(H,15,17);6,8H,3-5H2,1-2H3;1-2H,9H2;2H,1H3;1,3H;2*1H;;;;/q;;;;;;-1;;;;2*+1;+2;-1/p-3/i;;;;;;2D;;;;;;;. The molecule has 33 nitrogen and oxygen atoms in total. The Kier molecular flexibility index (Phi) is 55.2. The molecule has 11 rings (SSSR count). The fourth-order valence-electron chi connectivity index (χ4n) is 12.4. The van der Waals surface area contributed by atoms with Crippen LogP contribution in [0.2, 0.25) is 35.2 Å². The minimum Gasteiger partial charge on any atom is -1.00 e. The Balaban J connectivity index is 0.00000155. The molecule has 4 atom stereocenters. The van der Waals surface area contributed by atoms with E-state index in [1.165, 1.54) is 23.1 Å². The van der Waals surface area contributed by atoms with E-state index in [1.807, 2.05) is 86.6 Å². The number of thiocarbonyl (C=S) groups is 1. The normalized spacial score (nSPS) is 15.1. The van der Waals surface area contributed by atoms with E-state index in [9.17, 15) is 49.0 Å². The topological polar surface area (TPSA) is 454 Å². The number of hydrogen-bond donors (Lipinski definition) is 9. The molecule has 7 aromatic rings. The van der Waals surface area contributed by atoms with Crippen LogP contribution < -0.4 is 189 Å². The summed E-state index contributed by atoms with van der Waals surface area (Å²) in [6.07, 6.45) is 7.23. The predicted molar refractivity (Wildman–Crippen MR) is 505 cm³/mol. The van der Waals surface area contributed by atoms with E-state index in [4.69, 9.17) is 133 Å². The molecule has 688 valence electrons. The molecule has 47 heteroatoms. The molecule has 1 aromatic heterocycles. The molecule has 13 N–H and O–H groups in total. The van der Waals surface area contributed by atoms with Gasteiger partial charge in [-0.15, -0.1) is 0 Å². The minimum atomic E-state index is -0.826. The van der Waals surface area contributed by atoms with Gasteiger partial charge in [-0.25, -0.2) is 4.98 Å². The molecule has 0 aliphatic carbocycles. The summed E-state index contributed by atoms with van der Waals surface area (Å²) in [4.78, 5) is 129.